The molecule has 0 saturated heterocycles. The highest BCUT2D eigenvalue weighted by Crippen LogP contribution is 2.27. The van der Waals surface area contributed by atoms with Crippen LogP contribution in [0.5, 0.6) is 0 Å². The molecule has 0 spiro atoms. The molecule has 1 aromatic heterocycles. The van der Waals surface area contributed by atoms with Crippen molar-refractivity contribution in [3.05, 3.63) is 16.1 Å². The van der Waals surface area contributed by atoms with Gasteiger partial charge in [0.15, 0.2) is 6.04 Å². The van der Waals surface area contributed by atoms with Crippen LogP contribution in [0.4, 0.5) is 4.79 Å². The van der Waals surface area contributed by atoms with Crippen molar-refractivity contribution in [2.24, 2.45) is 0 Å². The number of likely N-dealkylation sites (N-methyl/N-ethyl adjacent to an activating group) is 1. The van der Waals surface area contributed by atoms with Gasteiger partial charge in [0.05, 0.1) is 16.1 Å². The second-order valence-electron chi connectivity index (χ2n) is 5.13. The molecule has 0 aliphatic rings. The lowest BCUT2D eigenvalue weighted by molar-refractivity contribution is -0.142. The second-order valence-corrected chi connectivity index (χ2v) is 6.02. The van der Waals surface area contributed by atoms with Crippen LogP contribution in [-0.4, -0.2) is 39.7 Å². The van der Waals surface area contributed by atoms with E-state index in [4.69, 9.17) is 4.74 Å². The third-order valence-corrected chi connectivity index (χ3v) is 3.32. The average Bonchev–Trinajstić information content (AvgIpc) is 2.62. The molecular formula is C12H18N2O4S. The van der Waals surface area contributed by atoms with Crippen molar-refractivity contribution >= 4 is 23.4 Å². The van der Waals surface area contributed by atoms with Crippen LogP contribution >= 0.6 is 11.3 Å². The third-order valence-electron chi connectivity index (χ3n) is 2.33. The van der Waals surface area contributed by atoms with Crippen molar-refractivity contribution in [3.63, 3.8) is 0 Å². The highest BCUT2D eigenvalue weighted by atomic mass is 32.1. The monoisotopic (exact) mass is 286 g/mol. The summed E-state index contributed by atoms with van der Waals surface area (Å²) in [6.45, 7) is 6.90. The van der Waals surface area contributed by atoms with E-state index in [0.29, 0.717) is 10.6 Å². The van der Waals surface area contributed by atoms with E-state index in [1.165, 1.54) is 18.4 Å². The lowest BCUT2D eigenvalue weighted by atomic mass is 10.2. The Bertz CT molecular complexity index is 478. The Morgan fingerprint density at radius 1 is 1.47 bits per heavy atom. The van der Waals surface area contributed by atoms with E-state index in [0.717, 1.165) is 4.90 Å². The minimum atomic E-state index is -1.11. The maximum atomic E-state index is 11.9. The Hall–Kier alpha value is -1.63. The summed E-state index contributed by atoms with van der Waals surface area (Å²) in [5.41, 5.74) is 1.49. The van der Waals surface area contributed by atoms with Crippen molar-refractivity contribution < 1.29 is 19.4 Å². The maximum Gasteiger partial charge on any atom is 0.411 e. The Morgan fingerprint density at radius 3 is 2.42 bits per heavy atom. The van der Waals surface area contributed by atoms with Crippen molar-refractivity contribution in [1.82, 2.24) is 9.88 Å². The van der Waals surface area contributed by atoms with E-state index in [1.54, 1.807) is 33.2 Å². The van der Waals surface area contributed by atoms with Gasteiger partial charge in [0.1, 0.15) is 5.60 Å². The first-order valence-electron chi connectivity index (χ1n) is 5.72. The molecular weight excluding hydrogens is 268 g/mol. The number of carbonyl (C=O) groups is 2. The molecule has 0 fully saturated rings. The number of hydrogen-bond donors (Lipinski definition) is 1. The topological polar surface area (TPSA) is 79.7 Å². The molecule has 1 aromatic rings. The van der Waals surface area contributed by atoms with Gasteiger partial charge in [-0.2, -0.15) is 0 Å². The van der Waals surface area contributed by atoms with Crippen LogP contribution in [0.1, 0.15) is 37.4 Å². The smallest absolute Gasteiger partial charge is 0.411 e. The molecule has 19 heavy (non-hydrogen) atoms. The van der Waals surface area contributed by atoms with Gasteiger partial charge >= 0.3 is 12.1 Å². The molecule has 0 aromatic carbocycles. The third kappa shape index (κ3) is 3.92. The number of ether oxygens (including phenoxy) is 1. The molecule has 0 radical (unpaired) electrons. The SMILES string of the molecule is Cc1ncsc1C(C(=O)O)N(C)C(=O)OC(C)(C)C. The van der Waals surface area contributed by atoms with Crippen LogP contribution in [0.25, 0.3) is 0 Å². The lowest BCUT2D eigenvalue weighted by Crippen LogP contribution is -2.39. The van der Waals surface area contributed by atoms with E-state index in [2.05, 4.69) is 4.98 Å². The van der Waals surface area contributed by atoms with Crippen LogP contribution in [0.2, 0.25) is 0 Å². The van der Waals surface area contributed by atoms with Crippen molar-refractivity contribution in [1.29, 1.82) is 0 Å². The molecule has 1 heterocycles. The number of carbonyl (C=O) groups excluding carboxylic acids is 1. The number of nitrogens with zero attached hydrogens (tertiary/aromatic N) is 2. The summed E-state index contributed by atoms with van der Waals surface area (Å²) in [5, 5.41) is 9.32. The zero-order chi connectivity index (χ0) is 14.8. The number of aromatic nitrogens is 1. The predicted molar refractivity (Wildman–Crippen MR) is 71.2 cm³/mol. The first-order valence-corrected chi connectivity index (χ1v) is 6.60. The second kappa shape index (κ2) is 5.56. The summed E-state index contributed by atoms with van der Waals surface area (Å²) in [4.78, 5) is 28.9. The Balaban J connectivity index is 2.98. The first kappa shape index (κ1) is 15.4. The van der Waals surface area contributed by atoms with E-state index in [9.17, 15) is 14.7 Å². The quantitative estimate of drug-likeness (QED) is 0.923. The van der Waals surface area contributed by atoms with Gasteiger partial charge in [-0.1, -0.05) is 0 Å². The van der Waals surface area contributed by atoms with E-state index < -0.39 is 23.7 Å². The highest BCUT2D eigenvalue weighted by molar-refractivity contribution is 7.10. The Labute approximate surface area is 116 Å². The maximum absolute atomic E-state index is 11.9. The van der Waals surface area contributed by atoms with Gasteiger partial charge in [0, 0.05) is 7.05 Å². The minimum absolute atomic E-state index is 0.529. The number of amides is 1. The normalized spacial score (nSPS) is 12.9. The van der Waals surface area contributed by atoms with Crippen molar-refractivity contribution in [2.75, 3.05) is 7.05 Å². The van der Waals surface area contributed by atoms with Crippen LogP contribution in [0.3, 0.4) is 0 Å². The number of aryl methyl sites for hydroxylation is 1. The molecule has 1 rings (SSSR count). The number of aliphatic carboxylic acids is 1. The highest BCUT2D eigenvalue weighted by Gasteiger charge is 2.33. The Kier molecular flexibility index (Phi) is 4.52. The molecule has 0 aliphatic carbocycles. The summed E-state index contributed by atoms with van der Waals surface area (Å²) >= 11 is 1.21. The fourth-order valence-electron chi connectivity index (χ4n) is 1.47. The Morgan fingerprint density at radius 2 is 2.05 bits per heavy atom. The lowest BCUT2D eigenvalue weighted by Gasteiger charge is -2.28. The molecule has 0 saturated carbocycles. The van der Waals surface area contributed by atoms with Crippen molar-refractivity contribution in [3.8, 4) is 0 Å². The number of hydrogen-bond acceptors (Lipinski definition) is 5. The van der Waals surface area contributed by atoms with E-state index in [-0.39, 0.29) is 0 Å². The first-order chi connectivity index (χ1) is 8.63. The van der Waals surface area contributed by atoms with Crippen LogP contribution in [-0.2, 0) is 9.53 Å². The number of carboxylic acids is 1. The van der Waals surface area contributed by atoms with Gasteiger partial charge in [0.2, 0.25) is 0 Å². The van der Waals surface area contributed by atoms with Gasteiger partial charge in [0.25, 0.3) is 0 Å². The molecule has 106 valence electrons. The molecule has 1 amide bonds. The fourth-order valence-corrected chi connectivity index (χ4v) is 2.40. The van der Waals surface area contributed by atoms with E-state index >= 15 is 0 Å². The molecule has 0 bridgehead atoms. The summed E-state index contributed by atoms with van der Waals surface area (Å²) in [7, 11) is 1.41. The van der Waals surface area contributed by atoms with Gasteiger partial charge in [-0.25, -0.2) is 14.6 Å². The van der Waals surface area contributed by atoms with Gasteiger partial charge in [-0.15, -0.1) is 11.3 Å². The molecule has 7 heteroatoms. The van der Waals surface area contributed by atoms with Gasteiger partial charge in [-0.05, 0) is 27.7 Å². The number of carboxylic acid groups (broad SMARTS) is 1. The fraction of sp³-hybridized carbons (Fsp3) is 0.583. The molecule has 0 aliphatic heterocycles. The van der Waals surface area contributed by atoms with Crippen LogP contribution in [0, 0.1) is 6.92 Å². The summed E-state index contributed by atoms with van der Waals surface area (Å²) in [6, 6.07) is -1.08. The van der Waals surface area contributed by atoms with Crippen LogP contribution < -0.4 is 0 Å². The number of rotatable bonds is 3. The summed E-state index contributed by atoms with van der Waals surface area (Å²) < 4.78 is 5.18. The summed E-state index contributed by atoms with van der Waals surface area (Å²) in [5.74, 6) is -1.11. The largest absolute Gasteiger partial charge is 0.479 e. The number of thiazole rings is 1. The standard InChI is InChI=1S/C12H18N2O4S/c1-7-9(19-6-13-7)8(10(15)16)14(5)11(17)18-12(2,3)4/h6,8H,1-5H3,(H,15,16). The molecule has 1 atom stereocenters. The van der Waals surface area contributed by atoms with Gasteiger partial charge < -0.3 is 9.84 Å². The average molecular weight is 286 g/mol. The zero-order valence-electron chi connectivity index (χ0n) is 11.6. The van der Waals surface area contributed by atoms with E-state index in [1.807, 2.05) is 0 Å². The predicted octanol–water partition coefficient (Wildman–Crippen LogP) is 2.44. The molecule has 1 unspecified atom stereocenters. The summed E-state index contributed by atoms with van der Waals surface area (Å²) in [6.07, 6.45) is -0.673. The molecule has 1 N–H and O–H groups in total. The minimum Gasteiger partial charge on any atom is -0.479 e. The molecule has 6 nitrogen and oxygen atoms in total. The van der Waals surface area contributed by atoms with Crippen molar-refractivity contribution in [2.45, 2.75) is 39.3 Å². The van der Waals surface area contributed by atoms with Gasteiger partial charge in [-0.3, -0.25) is 4.90 Å². The van der Waals surface area contributed by atoms with Crippen LogP contribution in [0.15, 0.2) is 5.51 Å². The zero-order valence-corrected chi connectivity index (χ0v) is 12.4.